The van der Waals surface area contributed by atoms with E-state index in [1.165, 1.54) is 6.20 Å². The number of carbonyl (C=O) groups is 2. The Kier molecular flexibility index (Phi) is 4.90. The van der Waals surface area contributed by atoms with Gasteiger partial charge in [-0.25, -0.2) is 4.98 Å². The number of pyridine rings is 1. The lowest BCUT2D eigenvalue weighted by molar-refractivity contribution is -0.125. The quantitative estimate of drug-likeness (QED) is 0.836. The topological polar surface area (TPSA) is 71.5 Å². The zero-order valence-corrected chi connectivity index (χ0v) is 12.6. The molecule has 1 unspecified atom stereocenters. The summed E-state index contributed by atoms with van der Waals surface area (Å²) in [6.45, 7) is 7.24. The Morgan fingerprint density at radius 2 is 2.33 bits per heavy atom. The summed E-state index contributed by atoms with van der Waals surface area (Å²) in [5.74, 6) is 0.665. The van der Waals surface area contributed by atoms with Gasteiger partial charge in [0.25, 0.3) is 0 Å². The number of anilines is 1. The second-order valence-electron chi connectivity index (χ2n) is 5.47. The number of aldehydes is 1. The van der Waals surface area contributed by atoms with Crippen molar-refractivity contribution in [3.8, 4) is 0 Å². The average Bonchev–Trinajstić information content (AvgIpc) is 2.46. The van der Waals surface area contributed by atoms with E-state index in [2.05, 4.69) is 10.3 Å². The third-order valence-corrected chi connectivity index (χ3v) is 3.34. The van der Waals surface area contributed by atoms with Gasteiger partial charge in [0.05, 0.1) is 13.2 Å². The van der Waals surface area contributed by atoms with Gasteiger partial charge < -0.3 is 15.0 Å². The molecule has 6 nitrogen and oxygen atoms in total. The van der Waals surface area contributed by atoms with Gasteiger partial charge in [-0.2, -0.15) is 0 Å². The zero-order chi connectivity index (χ0) is 15.4. The van der Waals surface area contributed by atoms with Crippen LogP contribution in [-0.4, -0.2) is 49.0 Å². The van der Waals surface area contributed by atoms with E-state index in [0.29, 0.717) is 25.3 Å². The smallest absolute Gasteiger partial charge is 0.245 e. The van der Waals surface area contributed by atoms with E-state index in [4.69, 9.17) is 4.74 Å². The van der Waals surface area contributed by atoms with Gasteiger partial charge in [0, 0.05) is 24.3 Å². The van der Waals surface area contributed by atoms with Crippen LogP contribution in [0.2, 0.25) is 0 Å². The number of carbonyl (C=O) groups excluding carboxylic acids is 2. The number of nitrogens with zero attached hydrogens (tertiary/aromatic N) is 2. The fourth-order valence-electron chi connectivity index (χ4n) is 2.41. The number of aryl methyl sites for hydroxylation is 1. The van der Waals surface area contributed by atoms with E-state index in [1.54, 1.807) is 6.07 Å². The molecule has 0 bridgehead atoms. The van der Waals surface area contributed by atoms with Crippen molar-refractivity contribution in [3.63, 3.8) is 0 Å². The van der Waals surface area contributed by atoms with Gasteiger partial charge in [-0.1, -0.05) is 0 Å². The molecule has 1 aliphatic heterocycles. The molecule has 1 aliphatic rings. The molecule has 1 N–H and O–H groups in total. The molecule has 21 heavy (non-hydrogen) atoms. The molecule has 2 rings (SSSR count). The van der Waals surface area contributed by atoms with Gasteiger partial charge in [0.1, 0.15) is 11.9 Å². The summed E-state index contributed by atoms with van der Waals surface area (Å²) in [5, 5.41) is 2.91. The number of morpholine rings is 1. The van der Waals surface area contributed by atoms with Crippen LogP contribution in [0.4, 0.5) is 5.82 Å². The van der Waals surface area contributed by atoms with Crippen LogP contribution in [0.1, 0.15) is 29.8 Å². The van der Waals surface area contributed by atoms with Crippen LogP contribution in [0, 0.1) is 6.92 Å². The molecule has 1 saturated heterocycles. The van der Waals surface area contributed by atoms with Gasteiger partial charge in [0.2, 0.25) is 5.91 Å². The standard InChI is InChI=1S/C15H21N3O3/c1-10(2)17-15(20)13-9-21-5-4-18(13)14-11(3)6-12(8-19)7-16-14/h6-8,10,13H,4-5,9H2,1-3H3,(H,17,20). The van der Waals surface area contributed by atoms with Crippen molar-refractivity contribution in [3.05, 3.63) is 23.4 Å². The summed E-state index contributed by atoms with van der Waals surface area (Å²) >= 11 is 0. The predicted molar refractivity (Wildman–Crippen MR) is 79.6 cm³/mol. The average molecular weight is 291 g/mol. The highest BCUT2D eigenvalue weighted by atomic mass is 16.5. The van der Waals surface area contributed by atoms with Crippen molar-refractivity contribution in [1.82, 2.24) is 10.3 Å². The summed E-state index contributed by atoms with van der Waals surface area (Å²) in [6.07, 6.45) is 2.30. The first-order valence-corrected chi connectivity index (χ1v) is 7.09. The Morgan fingerprint density at radius 3 is 2.95 bits per heavy atom. The van der Waals surface area contributed by atoms with Crippen molar-refractivity contribution in [2.75, 3.05) is 24.7 Å². The van der Waals surface area contributed by atoms with Crippen molar-refractivity contribution in [2.24, 2.45) is 0 Å². The van der Waals surface area contributed by atoms with Gasteiger partial charge in [0.15, 0.2) is 6.29 Å². The van der Waals surface area contributed by atoms with Crippen molar-refractivity contribution in [2.45, 2.75) is 32.9 Å². The summed E-state index contributed by atoms with van der Waals surface area (Å²) in [7, 11) is 0. The van der Waals surface area contributed by atoms with E-state index in [-0.39, 0.29) is 11.9 Å². The second-order valence-corrected chi connectivity index (χ2v) is 5.47. The highest BCUT2D eigenvalue weighted by molar-refractivity contribution is 5.86. The van der Waals surface area contributed by atoms with E-state index in [9.17, 15) is 9.59 Å². The Hall–Kier alpha value is -1.95. The second kappa shape index (κ2) is 6.67. The molecule has 1 aromatic rings. The van der Waals surface area contributed by atoms with Crippen molar-refractivity contribution >= 4 is 18.0 Å². The SMILES string of the molecule is Cc1cc(C=O)cnc1N1CCOCC1C(=O)NC(C)C. The third-order valence-electron chi connectivity index (χ3n) is 3.34. The summed E-state index contributed by atoms with van der Waals surface area (Å²) in [4.78, 5) is 29.4. The number of aromatic nitrogens is 1. The molecule has 1 fully saturated rings. The Balaban J connectivity index is 2.26. The highest BCUT2D eigenvalue weighted by Gasteiger charge is 2.31. The van der Waals surface area contributed by atoms with E-state index in [1.807, 2.05) is 25.7 Å². The minimum Gasteiger partial charge on any atom is -0.377 e. The number of hydrogen-bond donors (Lipinski definition) is 1. The summed E-state index contributed by atoms with van der Waals surface area (Å²) in [5.41, 5.74) is 1.41. The third kappa shape index (κ3) is 3.58. The zero-order valence-electron chi connectivity index (χ0n) is 12.6. The van der Waals surface area contributed by atoms with Crippen molar-refractivity contribution < 1.29 is 14.3 Å². The molecule has 1 amide bonds. The highest BCUT2D eigenvalue weighted by Crippen LogP contribution is 2.22. The fraction of sp³-hybridized carbons (Fsp3) is 0.533. The fourth-order valence-corrected chi connectivity index (χ4v) is 2.41. The molecule has 0 radical (unpaired) electrons. The molecule has 0 aromatic carbocycles. The molecular formula is C15H21N3O3. The first kappa shape index (κ1) is 15.4. The maximum atomic E-state index is 12.3. The Labute approximate surface area is 124 Å². The number of ether oxygens (including phenoxy) is 1. The molecule has 1 aromatic heterocycles. The van der Waals surface area contributed by atoms with Crippen molar-refractivity contribution in [1.29, 1.82) is 0 Å². The van der Waals surface area contributed by atoms with E-state index < -0.39 is 6.04 Å². The van der Waals surface area contributed by atoms with E-state index >= 15 is 0 Å². The minimum atomic E-state index is -0.394. The lowest BCUT2D eigenvalue weighted by Crippen LogP contribution is -2.55. The molecule has 114 valence electrons. The maximum absolute atomic E-state index is 12.3. The Bertz CT molecular complexity index is 531. The number of hydrogen-bond acceptors (Lipinski definition) is 5. The normalized spacial score (nSPS) is 18.7. The largest absolute Gasteiger partial charge is 0.377 e. The van der Waals surface area contributed by atoms with Crippen LogP contribution in [0.15, 0.2) is 12.3 Å². The van der Waals surface area contributed by atoms with Crippen LogP contribution >= 0.6 is 0 Å². The van der Waals surface area contributed by atoms with Crippen LogP contribution in [0.25, 0.3) is 0 Å². The molecule has 0 aliphatic carbocycles. The number of amides is 1. The first-order valence-electron chi connectivity index (χ1n) is 7.09. The van der Waals surface area contributed by atoms with Crippen LogP contribution in [0.5, 0.6) is 0 Å². The van der Waals surface area contributed by atoms with Crippen LogP contribution in [-0.2, 0) is 9.53 Å². The van der Waals surface area contributed by atoms with Gasteiger partial charge in [-0.3, -0.25) is 9.59 Å². The van der Waals surface area contributed by atoms with Gasteiger partial charge in [-0.15, -0.1) is 0 Å². The Morgan fingerprint density at radius 1 is 1.57 bits per heavy atom. The lowest BCUT2D eigenvalue weighted by atomic mass is 10.1. The number of rotatable bonds is 4. The lowest BCUT2D eigenvalue weighted by Gasteiger charge is -2.36. The first-order chi connectivity index (χ1) is 10.0. The molecular weight excluding hydrogens is 270 g/mol. The molecule has 0 saturated carbocycles. The molecule has 2 heterocycles. The predicted octanol–water partition coefficient (Wildman–Crippen LogP) is 0.932. The van der Waals surface area contributed by atoms with Gasteiger partial charge >= 0.3 is 0 Å². The minimum absolute atomic E-state index is 0.0645. The monoisotopic (exact) mass is 291 g/mol. The van der Waals surface area contributed by atoms with Crippen LogP contribution in [0.3, 0.4) is 0 Å². The molecule has 6 heteroatoms. The van der Waals surface area contributed by atoms with E-state index in [0.717, 1.165) is 17.7 Å². The summed E-state index contributed by atoms with van der Waals surface area (Å²) < 4.78 is 5.43. The van der Waals surface area contributed by atoms with Gasteiger partial charge in [-0.05, 0) is 32.4 Å². The molecule has 1 atom stereocenters. The summed E-state index contributed by atoms with van der Waals surface area (Å²) in [6, 6.07) is 1.46. The number of nitrogens with one attached hydrogen (secondary N) is 1. The van der Waals surface area contributed by atoms with Crippen LogP contribution < -0.4 is 10.2 Å². The molecule has 0 spiro atoms. The maximum Gasteiger partial charge on any atom is 0.245 e.